The van der Waals surface area contributed by atoms with Crippen LogP contribution in [-0.4, -0.2) is 0 Å². The highest BCUT2D eigenvalue weighted by molar-refractivity contribution is 5.57. The van der Waals surface area contributed by atoms with Gasteiger partial charge >= 0.3 is 0 Å². The number of benzene rings is 2. The molecule has 0 saturated carbocycles. The van der Waals surface area contributed by atoms with Gasteiger partial charge in [0.2, 0.25) is 0 Å². The molecule has 2 N–H and O–H groups in total. The second-order valence-electron chi connectivity index (χ2n) is 4.20. The standard InChI is InChI=1S/C15H17NO/c1-11-6-3-4-8-13(11)10-17-14-9-5-7-12(2)15(14)16/h3-9H,10,16H2,1-2H3. The molecule has 0 saturated heterocycles. The third kappa shape index (κ3) is 2.59. The van der Waals surface area contributed by atoms with Crippen LogP contribution in [0.3, 0.4) is 0 Å². The first-order valence-electron chi connectivity index (χ1n) is 5.71. The van der Waals surface area contributed by atoms with Crippen molar-refractivity contribution < 1.29 is 4.74 Å². The number of hydrogen-bond acceptors (Lipinski definition) is 2. The summed E-state index contributed by atoms with van der Waals surface area (Å²) in [5.74, 6) is 0.758. The highest BCUT2D eigenvalue weighted by atomic mass is 16.5. The molecular formula is C15H17NO. The lowest BCUT2D eigenvalue weighted by Gasteiger charge is -2.11. The van der Waals surface area contributed by atoms with Crippen LogP contribution in [0.5, 0.6) is 5.75 Å². The fourth-order valence-electron chi connectivity index (χ4n) is 1.71. The summed E-state index contributed by atoms with van der Waals surface area (Å²) in [5.41, 5.74) is 10.2. The number of aryl methyl sites for hydroxylation is 2. The lowest BCUT2D eigenvalue weighted by molar-refractivity contribution is 0.307. The summed E-state index contributed by atoms with van der Waals surface area (Å²) in [7, 11) is 0. The van der Waals surface area contributed by atoms with Gasteiger partial charge < -0.3 is 10.5 Å². The predicted molar refractivity (Wildman–Crippen MR) is 71.1 cm³/mol. The Balaban J connectivity index is 2.13. The molecule has 88 valence electrons. The summed E-state index contributed by atoms with van der Waals surface area (Å²) in [6.45, 7) is 4.62. The van der Waals surface area contributed by atoms with Gasteiger partial charge in [-0.1, -0.05) is 36.4 Å². The Kier molecular flexibility index (Phi) is 3.33. The SMILES string of the molecule is Cc1ccccc1COc1cccc(C)c1N. The molecule has 0 heterocycles. The molecule has 0 aliphatic heterocycles. The fourth-order valence-corrected chi connectivity index (χ4v) is 1.71. The van der Waals surface area contributed by atoms with Gasteiger partial charge in [-0.3, -0.25) is 0 Å². The molecule has 2 heteroatoms. The van der Waals surface area contributed by atoms with Crippen LogP contribution < -0.4 is 10.5 Å². The van der Waals surface area contributed by atoms with Crippen molar-refractivity contribution in [1.29, 1.82) is 0 Å². The van der Waals surface area contributed by atoms with Gasteiger partial charge in [0.05, 0.1) is 5.69 Å². The largest absolute Gasteiger partial charge is 0.487 e. The number of anilines is 1. The maximum atomic E-state index is 5.96. The van der Waals surface area contributed by atoms with E-state index in [1.165, 1.54) is 11.1 Å². The van der Waals surface area contributed by atoms with Gasteiger partial charge in [-0.2, -0.15) is 0 Å². The number of nitrogens with two attached hydrogens (primary N) is 1. The van der Waals surface area contributed by atoms with Crippen LogP contribution in [0.25, 0.3) is 0 Å². The molecule has 0 aromatic heterocycles. The molecule has 0 atom stereocenters. The first-order valence-corrected chi connectivity index (χ1v) is 5.71. The van der Waals surface area contributed by atoms with E-state index in [1.54, 1.807) is 0 Å². The van der Waals surface area contributed by atoms with Gasteiger partial charge in [0, 0.05) is 0 Å². The van der Waals surface area contributed by atoms with E-state index >= 15 is 0 Å². The highest BCUT2D eigenvalue weighted by Gasteiger charge is 2.03. The molecule has 0 spiro atoms. The third-order valence-corrected chi connectivity index (χ3v) is 2.93. The van der Waals surface area contributed by atoms with Crippen LogP contribution in [0.2, 0.25) is 0 Å². The van der Waals surface area contributed by atoms with Crippen molar-refractivity contribution in [2.45, 2.75) is 20.5 Å². The van der Waals surface area contributed by atoms with Gasteiger partial charge in [-0.25, -0.2) is 0 Å². The van der Waals surface area contributed by atoms with Gasteiger partial charge in [-0.15, -0.1) is 0 Å². The monoisotopic (exact) mass is 227 g/mol. The summed E-state index contributed by atoms with van der Waals surface area (Å²) >= 11 is 0. The zero-order valence-corrected chi connectivity index (χ0v) is 10.2. The van der Waals surface area contributed by atoms with E-state index in [4.69, 9.17) is 10.5 Å². The first kappa shape index (κ1) is 11.5. The molecule has 2 aromatic carbocycles. The second-order valence-corrected chi connectivity index (χ2v) is 4.20. The van der Waals surface area contributed by atoms with Gasteiger partial charge in [0.15, 0.2) is 0 Å². The van der Waals surface area contributed by atoms with Crippen molar-refractivity contribution >= 4 is 5.69 Å². The minimum absolute atomic E-state index is 0.556. The third-order valence-electron chi connectivity index (χ3n) is 2.93. The maximum absolute atomic E-state index is 5.96. The topological polar surface area (TPSA) is 35.2 Å². The lowest BCUT2D eigenvalue weighted by Crippen LogP contribution is -2.01. The normalized spacial score (nSPS) is 10.2. The molecule has 0 bridgehead atoms. The van der Waals surface area contributed by atoms with Crippen LogP contribution in [-0.2, 0) is 6.61 Å². The van der Waals surface area contributed by atoms with Crippen molar-refractivity contribution in [1.82, 2.24) is 0 Å². The Hall–Kier alpha value is -1.96. The second kappa shape index (κ2) is 4.91. The molecule has 2 rings (SSSR count). The summed E-state index contributed by atoms with van der Waals surface area (Å²) in [6, 6.07) is 14.0. The van der Waals surface area contributed by atoms with Crippen LogP contribution in [0.4, 0.5) is 5.69 Å². The molecule has 0 aliphatic carbocycles. The lowest BCUT2D eigenvalue weighted by atomic mass is 10.1. The van der Waals surface area contributed by atoms with E-state index < -0.39 is 0 Å². The van der Waals surface area contributed by atoms with Crippen molar-refractivity contribution in [3.63, 3.8) is 0 Å². The van der Waals surface area contributed by atoms with Crippen LogP contribution in [0, 0.1) is 13.8 Å². The van der Waals surface area contributed by atoms with Gasteiger partial charge in [0.25, 0.3) is 0 Å². The Labute approximate surface area is 102 Å². The van der Waals surface area contributed by atoms with Gasteiger partial charge in [0.1, 0.15) is 12.4 Å². The van der Waals surface area contributed by atoms with Crippen molar-refractivity contribution in [2.24, 2.45) is 0 Å². The smallest absolute Gasteiger partial charge is 0.142 e. The molecule has 0 unspecified atom stereocenters. The van der Waals surface area contributed by atoms with Crippen LogP contribution in [0.15, 0.2) is 42.5 Å². The highest BCUT2D eigenvalue weighted by Crippen LogP contribution is 2.25. The Morgan fingerprint density at radius 2 is 1.65 bits per heavy atom. The van der Waals surface area contributed by atoms with E-state index in [0.717, 1.165) is 17.0 Å². The van der Waals surface area contributed by atoms with Gasteiger partial charge in [-0.05, 0) is 36.6 Å². The quantitative estimate of drug-likeness (QED) is 0.815. The average Bonchev–Trinajstić information content (AvgIpc) is 2.33. The molecule has 2 nitrogen and oxygen atoms in total. The number of nitrogen functional groups attached to an aromatic ring is 1. The molecule has 17 heavy (non-hydrogen) atoms. The first-order chi connectivity index (χ1) is 8.18. The van der Waals surface area contributed by atoms with Crippen molar-refractivity contribution in [3.8, 4) is 5.75 Å². The van der Waals surface area contributed by atoms with E-state index in [-0.39, 0.29) is 0 Å². The van der Waals surface area contributed by atoms with Crippen molar-refractivity contribution in [3.05, 3.63) is 59.2 Å². The summed E-state index contributed by atoms with van der Waals surface area (Å²) < 4.78 is 5.76. The predicted octanol–water partition coefficient (Wildman–Crippen LogP) is 3.46. The number of ether oxygens (including phenoxy) is 1. The van der Waals surface area contributed by atoms with Crippen molar-refractivity contribution in [2.75, 3.05) is 5.73 Å². The van der Waals surface area contributed by atoms with Crippen LogP contribution in [0.1, 0.15) is 16.7 Å². The zero-order valence-electron chi connectivity index (χ0n) is 10.2. The Morgan fingerprint density at radius 1 is 0.941 bits per heavy atom. The summed E-state index contributed by atoms with van der Waals surface area (Å²) in [5, 5.41) is 0. The molecule has 0 aliphatic rings. The van der Waals surface area contributed by atoms with E-state index in [1.807, 2.05) is 37.3 Å². The Morgan fingerprint density at radius 3 is 2.41 bits per heavy atom. The van der Waals surface area contributed by atoms with E-state index in [9.17, 15) is 0 Å². The average molecular weight is 227 g/mol. The molecule has 0 fully saturated rings. The zero-order chi connectivity index (χ0) is 12.3. The molecular weight excluding hydrogens is 210 g/mol. The number of para-hydroxylation sites is 1. The number of rotatable bonds is 3. The minimum Gasteiger partial charge on any atom is -0.487 e. The van der Waals surface area contributed by atoms with E-state index in [0.29, 0.717) is 6.61 Å². The number of hydrogen-bond donors (Lipinski definition) is 1. The van der Waals surface area contributed by atoms with Crippen LogP contribution >= 0.6 is 0 Å². The molecule has 0 radical (unpaired) electrons. The minimum atomic E-state index is 0.556. The summed E-state index contributed by atoms with van der Waals surface area (Å²) in [6.07, 6.45) is 0. The fraction of sp³-hybridized carbons (Fsp3) is 0.200. The summed E-state index contributed by atoms with van der Waals surface area (Å²) in [4.78, 5) is 0. The molecule has 2 aromatic rings. The van der Waals surface area contributed by atoms with E-state index in [2.05, 4.69) is 19.1 Å². The molecule has 0 amide bonds. The Bertz CT molecular complexity index is 520. The maximum Gasteiger partial charge on any atom is 0.142 e.